The number of nitrogens with zero attached hydrogens (tertiary/aromatic N) is 3. The molecule has 0 atom stereocenters. The smallest absolute Gasteiger partial charge is 0.343 e. The minimum Gasteiger partial charge on any atom is -0.462 e. The molecule has 0 fully saturated rings. The van der Waals surface area contributed by atoms with E-state index >= 15 is 0 Å². The number of hydrogen-bond acceptors (Lipinski definition) is 5. The summed E-state index contributed by atoms with van der Waals surface area (Å²) in [6.07, 6.45) is 3.36. The molecule has 3 heterocycles. The summed E-state index contributed by atoms with van der Waals surface area (Å²) in [7, 11) is 0. The molecule has 0 spiro atoms. The first-order valence-electron chi connectivity index (χ1n) is 7.12. The van der Waals surface area contributed by atoms with Crippen molar-refractivity contribution < 1.29 is 18.3 Å². The van der Waals surface area contributed by atoms with Gasteiger partial charge in [0.05, 0.1) is 23.9 Å². The lowest BCUT2D eigenvalue weighted by Gasteiger charge is -2.13. The highest BCUT2D eigenvalue weighted by molar-refractivity contribution is 6.29. The van der Waals surface area contributed by atoms with Crippen LogP contribution in [0.15, 0.2) is 35.5 Å². The topological polar surface area (TPSA) is 74.1 Å². The molecule has 6 nitrogen and oxygen atoms in total. The number of esters is 1. The van der Waals surface area contributed by atoms with Gasteiger partial charge in [-0.25, -0.2) is 18.6 Å². The highest BCUT2D eigenvalue weighted by atomic mass is 35.5. The molecule has 0 aliphatic heterocycles. The Hall–Kier alpha value is -2.87. The summed E-state index contributed by atoms with van der Waals surface area (Å²) in [5, 5.41) is -0.720. The molecule has 0 N–H and O–H groups in total. The zero-order chi connectivity index (χ0) is 18.1. The number of ether oxygens (including phenoxy) is 1. The zero-order valence-electron chi connectivity index (χ0n) is 12.8. The molecule has 0 unspecified atom stereocenters. The summed E-state index contributed by atoms with van der Waals surface area (Å²) in [5.74, 6) is -2.58. The lowest BCUT2D eigenvalue weighted by molar-refractivity contribution is 0.0524. The number of carbonyl (C=O) groups excluding carboxylic acids is 1. The fourth-order valence-corrected chi connectivity index (χ4v) is 2.44. The van der Waals surface area contributed by atoms with Crippen molar-refractivity contribution in [2.24, 2.45) is 0 Å². The third-order valence-electron chi connectivity index (χ3n) is 3.39. The summed E-state index contributed by atoms with van der Waals surface area (Å²) < 4.78 is 33.9. The normalized spacial score (nSPS) is 10.9. The number of fused-ring (bicyclic) bond motifs is 1. The van der Waals surface area contributed by atoms with Crippen LogP contribution in [0, 0.1) is 11.6 Å². The van der Waals surface area contributed by atoms with Crippen LogP contribution in [0.1, 0.15) is 17.3 Å². The molecule has 25 heavy (non-hydrogen) atoms. The van der Waals surface area contributed by atoms with E-state index in [4.69, 9.17) is 16.3 Å². The van der Waals surface area contributed by atoms with Crippen molar-refractivity contribution >= 4 is 28.6 Å². The number of pyridine rings is 3. The summed E-state index contributed by atoms with van der Waals surface area (Å²) in [5.41, 5.74) is -1.31. The van der Waals surface area contributed by atoms with Crippen molar-refractivity contribution in [1.82, 2.24) is 14.5 Å². The van der Waals surface area contributed by atoms with E-state index in [0.29, 0.717) is 0 Å². The van der Waals surface area contributed by atoms with Crippen molar-refractivity contribution in [3.63, 3.8) is 0 Å². The SMILES string of the molecule is CCOC(=O)c1cn(-c2ccncc2F)c2nc(Cl)c(F)cc2c1=O. The number of aromatic nitrogens is 3. The molecule has 0 bridgehead atoms. The lowest BCUT2D eigenvalue weighted by atomic mass is 10.2. The van der Waals surface area contributed by atoms with E-state index in [1.165, 1.54) is 12.3 Å². The Morgan fingerprint density at radius 2 is 2.12 bits per heavy atom. The molecule has 0 aliphatic carbocycles. The van der Waals surface area contributed by atoms with Crippen LogP contribution in [0.5, 0.6) is 0 Å². The maximum atomic E-state index is 14.2. The molecule has 0 saturated heterocycles. The Morgan fingerprint density at radius 3 is 2.80 bits per heavy atom. The lowest BCUT2D eigenvalue weighted by Crippen LogP contribution is -2.21. The zero-order valence-corrected chi connectivity index (χ0v) is 13.6. The average molecular weight is 366 g/mol. The first-order chi connectivity index (χ1) is 11.9. The molecule has 3 rings (SSSR count). The van der Waals surface area contributed by atoms with Gasteiger partial charge in [-0.15, -0.1) is 0 Å². The summed E-state index contributed by atoms with van der Waals surface area (Å²) >= 11 is 5.69. The number of rotatable bonds is 3. The summed E-state index contributed by atoms with van der Waals surface area (Å²) in [4.78, 5) is 32.0. The van der Waals surface area contributed by atoms with Crippen molar-refractivity contribution in [2.75, 3.05) is 6.61 Å². The van der Waals surface area contributed by atoms with Crippen LogP contribution >= 0.6 is 11.6 Å². The van der Waals surface area contributed by atoms with Gasteiger partial charge in [0.25, 0.3) is 0 Å². The van der Waals surface area contributed by atoms with E-state index in [0.717, 1.165) is 23.0 Å². The van der Waals surface area contributed by atoms with Crippen molar-refractivity contribution in [2.45, 2.75) is 6.92 Å². The highest BCUT2D eigenvalue weighted by Crippen LogP contribution is 2.22. The first kappa shape index (κ1) is 17.0. The van der Waals surface area contributed by atoms with Crippen molar-refractivity contribution in [3.05, 3.63) is 63.3 Å². The van der Waals surface area contributed by atoms with Crippen LogP contribution < -0.4 is 5.43 Å². The van der Waals surface area contributed by atoms with Crippen LogP contribution in [0.3, 0.4) is 0 Å². The maximum Gasteiger partial charge on any atom is 0.343 e. The van der Waals surface area contributed by atoms with Crippen LogP contribution in [-0.4, -0.2) is 27.1 Å². The molecule has 0 saturated carbocycles. The van der Waals surface area contributed by atoms with Gasteiger partial charge in [-0.05, 0) is 19.1 Å². The molecular formula is C16H10ClF2N3O3. The number of hydrogen-bond donors (Lipinski definition) is 0. The van der Waals surface area contributed by atoms with E-state index in [1.807, 2.05) is 0 Å². The van der Waals surface area contributed by atoms with E-state index in [2.05, 4.69) is 9.97 Å². The van der Waals surface area contributed by atoms with Gasteiger partial charge in [-0.2, -0.15) is 0 Å². The average Bonchev–Trinajstić information content (AvgIpc) is 2.58. The Labute approximate surface area is 144 Å². The standard InChI is InChI=1S/C16H10ClF2N3O3/c1-2-25-16(24)9-7-22(12-3-4-20-6-11(12)19)15-8(13(9)23)5-10(18)14(17)21-15/h3-7H,2H2,1H3. The van der Waals surface area contributed by atoms with Crippen LogP contribution in [-0.2, 0) is 4.74 Å². The fraction of sp³-hybridized carbons (Fsp3) is 0.125. The van der Waals surface area contributed by atoms with Crippen LogP contribution in [0.4, 0.5) is 8.78 Å². The Bertz CT molecular complexity index is 1050. The maximum absolute atomic E-state index is 14.2. The van der Waals surface area contributed by atoms with E-state index < -0.39 is 28.2 Å². The Balaban J connectivity index is 2.44. The highest BCUT2D eigenvalue weighted by Gasteiger charge is 2.20. The van der Waals surface area contributed by atoms with Crippen LogP contribution in [0.25, 0.3) is 16.7 Å². The predicted octanol–water partition coefficient (Wildman–Crippen LogP) is 2.89. The minimum absolute atomic E-state index is 0.0349. The molecule has 0 aliphatic rings. The second-order valence-corrected chi connectivity index (χ2v) is 5.28. The van der Waals surface area contributed by atoms with Crippen LogP contribution in [0.2, 0.25) is 5.15 Å². The molecular weight excluding hydrogens is 356 g/mol. The minimum atomic E-state index is -0.936. The Morgan fingerprint density at radius 1 is 1.36 bits per heavy atom. The van der Waals surface area contributed by atoms with Gasteiger partial charge in [0, 0.05) is 12.4 Å². The third-order valence-corrected chi connectivity index (χ3v) is 3.66. The van der Waals surface area contributed by atoms with Gasteiger partial charge in [0.1, 0.15) is 5.56 Å². The largest absolute Gasteiger partial charge is 0.462 e. The van der Waals surface area contributed by atoms with E-state index in [-0.39, 0.29) is 28.9 Å². The molecule has 0 amide bonds. The molecule has 128 valence electrons. The van der Waals surface area contributed by atoms with Gasteiger partial charge >= 0.3 is 5.97 Å². The van der Waals surface area contributed by atoms with Gasteiger partial charge in [0.15, 0.2) is 22.4 Å². The fourth-order valence-electron chi connectivity index (χ4n) is 2.30. The molecule has 0 radical (unpaired) electrons. The molecule has 9 heteroatoms. The Kier molecular flexibility index (Phi) is 4.45. The van der Waals surface area contributed by atoms with Crippen molar-refractivity contribution in [3.8, 4) is 5.69 Å². The molecule has 3 aromatic heterocycles. The second kappa shape index (κ2) is 6.56. The van der Waals surface area contributed by atoms with E-state index in [9.17, 15) is 18.4 Å². The monoisotopic (exact) mass is 365 g/mol. The van der Waals surface area contributed by atoms with Gasteiger partial charge in [-0.3, -0.25) is 14.3 Å². The second-order valence-electron chi connectivity index (χ2n) is 4.92. The predicted molar refractivity (Wildman–Crippen MR) is 86.0 cm³/mol. The number of halogens is 3. The first-order valence-corrected chi connectivity index (χ1v) is 7.50. The number of carbonyl (C=O) groups is 1. The van der Waals surface area contributed by atoms with Gasteiger partial charge in [0.2, 0.25) is 5.43 Å². The molecule has 3 aromatic rings. The van der Waals surface area contributed by atoms with Gasteiger partial charge < -0.3 is 4.74 Å². The quantitative estimate of drug-likeness (QED) is 0.527. The van der Waals surface area contributed by atoms with Gasteiger partial charge in [-0.1, -0.05) is 11.6 Å². The molecule has 0 aromatic carbocycles. The summed E-state index contributed by atoms with van der Waals surface area (Å²) in [6.45, 7) is 1.61. The summed E-state index contributed by atoms with van der Waals surface area (Å²) in [6, 6.07) is 2.17. The third kappa shape index (κ3) is 2.96. The van der Waals surface area contributed by atoms with Crippen molar-refractivity contribution in [1.29, 1.82) is 0 Å². The van der Waals surface area contributed by atoms with E-state index in [1.54, 1.807) is 6.92 Å².